The first-order valence-corrected chi connectivity index (χ1v) is 9.37. The summed E-state index contributed by atoms with van der Waals surface area (Å²) in [5.74, 6) is 0.254. The molecular formula is C20H31N3O2. The second-order valence-electron chi connectivity index (χ2n) is 7.30. The fraction of sp³-hybridized carbons (Fsp3) is 0.600. The van der Waals surface area contributed by atoms with Gasteiger partial charge in [-0.25, -0.2) is 4.79 Å². The zero-order valence-electron chi connectivity index (χ0n) is 15.8. The lowest BCUT2D eigenvalue weighted by Gasteiger charge is -2.33. The fourth-order valence-electron chi connectivity index (χ4n) is 3.11. The third-order valence-electron chi connectivity index (χ3n) is 4.73. The van der Waals surface area contributed by atoms with Gasteiger partial charge in [-0.05, 0) is 57.7 Å². The molecule has 5 nitrogen and oxygen atoms in total. The van der Waals surface area contributed by atoms with Gasteiger partial charge in [0.2, 0.25) is 0 Å². The van der Waals surface area contributed by atoms with E-state index in [-0.39, 0.29) is 29.9 Å². The second-order valence-corrected chi connectivity index (χ2v) is 7.30. The van der Waals surface area contributed by atoms with Gasteiger partial charge in [0.05, 0.1) is 0 Å². The molecule has 0 saturated carbocycles. The minimum absolute atomic E-state index is 0.00497. The summed E-state index contributed by atoms with van der Waals surface area (Å²) in [4.78, 5) is 26.5. The minimum Gasteiger partial charge on any atom is -0.350 e. The molecule has 3 amide bonds. The van der Waals surface area contributed by atoms with Crippen LogP contribution in [-0.2, 0) is 0 Å². The maximum absolute atomic E-state index is 12.4. The van der Waals surface area contributed by atoms with Gasteiger partial charge in [0.15, 0.2) is 0 Å². The van der Waals surface area contributed by atoms with Gasteiger partial charge in [-0.3, -0.25) is 4.79 Å². The average molecular weight is 345 g/mol. The van der Waals surface area contributed by atoms with E-state index in [0.29, 0.717) is 12.1 Å². The molecule has 0 spiro atoms. The Labute approximate surface area is 151 Å². The Morgan fingerprint density at radius 2 is 2.00 bits per heavy atom. The Hall–Kier alpha value is -2.04. The molecule has 2 rings (SSSR count). The number of urea groups is 1. The lowest BCUT2D eigenvalue weighted by atomic mass is 9.89. The Kier molecular flexibility index (Phi) is 6.85. The molecule has 2 N–H and O–H groups in total. The molecule has 1 heterocycles. The number of benzene rings is 1. The van der Waals surface area contributed by atoms with E-state index in [1.54, 1.807) is 0 Å². The smallest absolute Gasteiger partial charge is 0.317 e. The standard InChI is InChI=1S/C20H31N3O2/c1-5-15(4)22-19(24)17-9-6-8-16(12-17)18-10-7-11-23(13-18)20(25)21-14(2)3/h6,8-9,12,14-15,18H,5,7,10-11,13H2,1-4H3,(H,21,25)(H,22,24)/t15-,18+/m1/s1. The highest BCUT2D eigenvalue weighted by Crippen LogP contribution is 2.27. The zero-order valence-corrected chi connectivity index (χ0v) is 15.8. The van der Waals surface area contributed by atoms with E-state index in [2.05, 4.69) is 23.6 Å². The number of carbonyl (C=O) groups is 2. The number of carbonyl (C=O) groups excluding carboxylic acids is 2. The van der Waals surface area contributed by atoms with Crippen LogP contribution in [0.2, 0.25) is 0 Å². The number of nitrogens with one attached hydrogen (secondary N) is 2. The molecule has 1 aromatic carbocycles. The zero-order chi connectivity index (χ0) is 18.4. The van der Waals surface area contributed by atoms with Gasteiger partial charge in [-0.15, -0.1) is 0 Å². The molecule has 138 valence electrons. The number of nitrogens with zero attached hydrogens (tertiary/aromatic N) is 1. The molecule has 1 aliphatic rings. The van der Waals surface area contributed by atoms with Crippen LogP contribution in [-0.4, -0.2) is 42.0 Å². The first kappa shape index (κ1) is 19.3. The molecule has 0 radical (unpaired) electrons. The summed E-state index contributed by atoms with van der Waals surface area (Å²) >= 11 is 0. The third-order valence-corrected chi connectivity index (χ3v) is 4.73. The Morgan fingerprint density at radius 3 is 2.68 bits per heavy atom. The van der Waals surface area contributed by atoms with Gasteiger partial charge >= 0.3 is 6.03 Å². The molecule has 2 atom stereocenters. The highest BCUT2D eigenvalue weighted by Gasteiger charge is 2.25. The molecule has 0 aliphatic carbocycles. The summed E-state index contributed by atoms with van der Waals surface area (Å²) in [5, 5.41) is 5.98. The number of amides is 3. The first-order valence-electron chi connectivity index (χ1n) is 9.37. The highest BCUT2D eigenvalue weighted by atomic mass is 16.2. The number of likely N-dealkylation sites (tertiary alicyclic amines) is 1. The monoisotopic (exact) mass is 345 g/mol. The number of hydrogen-bond acceptors (Lipinski definition) is 2. The van der Waals surface area contributed by atoms with Crippen molar-refractivity contribution < 1.29 is 9.59 Å². The largest absolute Gasteiger partial charge is 0.350 e. The van der Waals surface area contributed by atoms with Crippen LogP contribution in [0.15, 0.2) is 24.3 Å². The van der Waals surface area contributed by atoms with Crippen molar-refractivity contribution in [3.05, 3.63) is 35.4 Å². The van der Waals surface area contributed by atoms with E-state index in [1.165, 1.54) is 0 Å². The predicted octanol–water partition coefficient (Wildman–Crippen LogP) is 3.51. The maximum atomic E-state index is 12.4. The van der Waals surface area contributed by atoms with Crippen LogP contribution in [0.1, 0.15) is 68.8 Å². The van der Waals surface area contributed by atoms with Gasteiger partial charge in [0.1, 0.15) is 0 Å². The van der Waals surface area contributed by atoms with Crippen LogP contribution in [0.3, 0.4) is 0 Å². The van der Waals surface area contributed by atoms with E-state index in [4.69, 9.17) is 0 Å². The van der Waals surface area contributed by atoms with E-state index in [9.17, 15) is 9.59 Å². The molecule has 5 heteroatoms. The molecule has 1 fully saturated rings. The highest BCUT2D eigenvalue weighted by molar-refractivity contribution is 5.94. The van der Waals surface area contributed by atoms with E-state index in [0.717, 1.165) is 31.4 Å². The van der Waals surface area contributed by atoms with Crippen LogP contribution in [0.5, 0.6) is 0 Å². The number of rotatable bonds is 5. The predicted molar refractivity (Wildman–Crippen MR) is 101 cm³/mol. The van der Waals surface area contributed by atoms with E-state index in [1.807, 2.05) is 43.9 Å². The molecular weight excluding hydrogens is 314 g/mol. The van der Waals surface area contributed by atoms with Crippen LogP contribution in [0.25, 0.3) is 0 Å². The third kappa shape index (κ3) is 5.48. The molecule has 1 aliphatic heterocycles. The molecule has 1 saturated heterocycles. The molecule has 0 aromatic heterocycles. The summed E-state index contributed by atoms with van der Waals surface area (Å²) < 4.78 is 0. The Bertz CT molecular complexity index is 600. The quantitative estimate of drug-likeness (QED) is 0.858. The van der Waals surface area contributed by atoms with Crippen LogP contribution in [0, 0.1) is 0 Å². The van der Waals surface area contributed by atoms with Gasteiger partial charge in [0, 0.05) is 36.7 Å². The van der Waals surface area contributed by atoms with Crippen molar-refractivity contribution in [1.82, 2.24) is 15.5 Å². The van der Waals surface area contributed by atoms with Gasteiger partial charge in [-0.2, -0.15) is 0 Å². The summed E-state index contributed by atoms with van der Waals surface area (Å²) in [6.45, 7) is 9.50. The summed E-state index contributed by atoms with van der Waals surface area (Å²) in [5.41, 5.74) is 1.83. The normalized spacial score (nSPS) is 18.8. The van der Waals surface area contributed by atoms with Crippen molar-refractivity contribution in [2.75, 3.05) is 13.1 Å². The second kappa shape index (κ2) is 8.88. The van der Waals surface area contributed by atoms with E-state index >= 15 is 0 Å². The van der Waals surface area contributed by atoms with Crippen LogP contribution in [0.4, 0.5) is 4.79 Å². The maximum Gasteiger partial charge on any atom is 0.317 e. The van der Waals surface area contributed by atoms with Gasteiger partial charge < -0.3 is 15.5 Å². The lowest BCUT2D eigenvalue weighted by Crippen LogP contribution is -2.47. The molecule has 0 unspecified atom stereocenters. The number of hydrogen-bond donors (Lipinski definition) is 2. The van der Waals surface area contributed by atoms with E-state index < -0.39 is 0 Å². The lowest BCUT2D eigenvalue weighted by molar-refractivity contribution is 0.0939. The van der Waals surface area contributed by atoms with Crippen molar-refractivity contribution in [1.29, 1.82) is 0 Å². The summed E-state index contributed by atoms with van der Waals surface area (Å²) in [6.07, 6.45) is 2.94. The average Bonchev–Trinajstić information content (AvgIpc) is 2.61. The minimum atomic E-state index is -0.0265. The van der Waals surface area contributed by atoms with Crippen molar-refractivity contribution in [2.24, 2.45) is 0 Å². The van der Waals surface area contributed by atoms with Crippen LogP contribution >= 0.6 is 0 Å². The van der Waals surface area contributed by atoms with Crippen molar-refractivity contribution in [2.45, 2.75) is 65.0 Å². The van der Waals surface area contributed by atoms with Crippen LogP contribution < -0.4 is 10.6 Å². The number of piperidine rings is 1. The Balaban J connectivity index is 2.06. The van der Waals surface area contributed by atoms with Crippen molar-refractivity contribution in [3.8, 4) is 0 Å². The SMILES string of the molecule is CC[C@@H](C)NC(=O)c1cccc([C@H]2CCCN(C(=O)NC(C)C)C2)c1. The molecule has 0 bridgehead atoms. The summed E-state index contributed by atoms with van der Waals surface area (Å²) in [6, 6.07) is 8.15. The topological polar surface area (TPSA) is 61.4 Å². The van der Waals surface area contributed by atoms with Gasteiger partial charge in [0.25, 0.3) is 5.91 Å². The fourth-order valence-corrected chi connectivity index (χ4v) is 3.11. The molecule has 25 heavy (non-hydrogen) atoms. The Morgan fingerprint density at radius 1 is 1.24 bits per heavy atom. The van der Waals surface area contributed by atoms with Gasteiger partial charge in [-0.1, -0.05) is 19.1 Å². The molecule has 1 aromatic rings. The summed E-state index contributed by atoms with van der Waals surface area (Å²) in [7, 11) is 0. The first-order chi connectivity index (χ1) is 11.9. The van der Waals surface area contributed by atoms with Crippen molar-refractivity contribution >= 4 is 11.9 Å². The van der Waals surface area contributed by atoms with Crippen molar-refractivity contribution in [3.63, 3.8) is 0 Å².